The molecule has 0 unspecified atom stereocenters. The average molecular weight is 262 g/mol. The number of benzene rings is 1. The number of hydrogen-bond donors (Lipinski definition) is 0. The Morgan fingerprint density at radius 2 is 1.68 bits per heavy atom. The minimum Gasteiger partial charge on any atom is -0.373 e. The lowest BCUT2D eigenvalue weighted by molar-refractivity contribution is 0.0751. The molecule has 0 aromatic heterocycles. The van der Waals surface area contributed by atoms with Gasteiger partial charge in [0.2, 0.25) is 0 Å². The normalized spacial score (nSPS) is 10.7. The predicted molar refractivity (Wildman–Crippen MR) is 79.9 cm³/mol. The predicted octanol–water partition coefficient (Wildman–Crippen LogP) is 4.39. The Morgan fingerprint density at radius 3 is 2.26 bits per heavy atom. The van der Waals surface area contributed by atoms with Crippen molar-refractivity contribution in [2.24, 2.45) is 0 Å². The fourth-order valence-electron chi connectivity index (χ4n) is 2.49. The molecule has 19 heavy (non-hydrogen) atoms. The van der Waals surface area contributed by atoms with Crippen LogP contribution in [0.1, 0.15) is 59.7 Å². The van der Waals surface area contributed by atoms with Crippen LogP contribution in [0.3, 0.4) is 0 Å². The first-order valence-corrected chi connectivity index (χ1v) is 7.25. The number of Topliss-reactive ketones (excluding diaryl/α,β-unsaturated/α-hetero) is 1. The molecule has 0 atom stereocenters. The first kappa shape index (κ1) is 15.9. The molecule has 0 radical (unpaired) electrons. The van der Waals surface area contributed by atoms with Crippen molar-refractivity contribution in [3.63, 3.8) is 0 Å². The van der Waals surface area contributed by atoms with Gasteiger partial charge in [-0.15, -0.1) is 0 Å². The van der Waals surface area contributed by atoms with Crippen molar-refractivity contribution in [3.05, 3.63) is 34.4 Å². The second-order valence-corrected chi connectivity index (χ2v) is 5.31. The van der Waals surface area contributed by atoms with Crippen molar-refractivity contribution in [2.75, 3.05) is 13.2 Å². The van der Waals surface area contributed by atoms with E-state index in [0.29, 0.717) is 6.61 Å². The third-order valence-electron chi connectivity index (χ3n) is 3.33. The quantitative estimate of drug-likeness (QED) is 0.513. The van der Waals surface area contributed by atoms with E-state index in [2.05, 4.69) is 26.0 Å². The second kappa shape index (κ2) is 8.11. The van der Waals surface area contributed by atoms with Crippen LogP contribution in [0.5, 0.6) is 0 Å². The van der Waals surface area contributed by atoms with Crippen molar-refractivity contribution in [3.8, 4) is 0 Å². The molecule has 2 heteroatoms. The van der Waals surface area contributed by atoms with E-state index >= 15 is 0 Å². The third kappa shape index (κ3) is 5.15. The van der Waals surface area contributed by atoms with Crippen LogP contribution in [0.15, 0.2) is 12.1 Å². The number of carbonyl (C=O) groups is 1. The summed E-state index contributed by atoms with van der Waals surface area (Å²) in [7, 11) is 0. The highest BCUT2D eigenvalue weighted by Gasteiger charge is 2.12. The van der Waals surface area contributed by atoms with Gasteiger partial charge < -0.3 is 4.74 Å². The molecule has 106 valence electrons. The molecule has 1 rings (SSSR count). The van der Waals surface area contributed by atoms with Crippen LogP contribution >= 0.6 is 0 Å². The van der Waals surface area contributed by atoms with Gasteiger partial charge in [-0.05, 0) is 38.3 Å². The number of aryl methyl sites for hydroxylation is 3. The van der Waals surface area contributed by atoms with Gasteiger partial charge in [0.25, 0.3) is 0 Å². The Hall–Kier alpha value is -1.15. The number of hydrogen-bond acceptors (Lipinski definition) is 2. The largest absolute Gasteiger partial charge is 0.373 e. The number of unbranched alkanes of at least 4 members (excludes halogenated alkanes) is 3. The highest BCUT2D eigenvalue weighted by atomic mass is 16.5. The van der Waals surface area contributed by atoms with Gasteiger partial charge in [-0.2, -0.15) is 0 Å². The molecule has 0 saturated heterocycles. The van der Waals surface area contributed by atoms with E-state index in [0.717, 1.165) is 23.1 Å². The molecule has 0 spiro atoms. The fourth-order valence-corrected chi connectivity index (χ4v) is 2.49. The maximum Gasteiger partial charge on any atom is 0.188 e. The van der Waals surface area contributed by atoms with Crippen LogP contribution in [0.25, 0.3) is 0 Å². The van der Waals surface area contributed by atoms with Gasteiger partial charge in [0, 0.05) is 12.2 Å². The molecule has 1 aromatic rings. The van der Waals surface area contributed by atoms with Crippen LogP contribution in [0.4, 0.5) is 0 Å². The third-order valence-corrected chi connectivity index (χ3v) is 3.33. The smallest absolute Gasteiger partial charge is 0.188 e. The highest BCUT2D eigenvalue weighted by molar-refractivity contribution is 5.99. The van der Waals surface area contributed by atoms with Crippen molar-refractivity contribution >= 4 is 5.78 Å². The molecule has 0 fully saturated rings. The van der Waals surface area contributed by atoms with E-state index in [1.165, 1.54) is 24.8 Å². The van der Waals surface area contributed by atoms with Gasteiger partial charge in [-0.1, -0.05) is 43.9 Å². The molecule has 0 heterocycles. The Morgan fingerprint density at radius 1 is 1.05 bits per heavy atom. The van der Waals surface area contributed by atoms with Crippen molar-refractivity contribution in [2.45, 2.75) is 53.4 Å². The molecule has 0 aliphatic carbocycles. The zero-order chi connectivity index (χ0) is 14.3. The fraction of sp³-hybridized carbons (Fsp3) is 0.588. The maximum absolute atomic E-state index is 12.2. The maximum atomic E-state index is 12.2. The summed E-state index contributed by atoms with van der Waals surface area (Å²) in [5.41, 5.74) is 4.14. The first-order chi connectivity index (χ1) is 9.06. The molecule has 1 aromatic carbocycles. The average Bonchev–Trinajstić information content (AvgIpc) is 2.32. The number of carbonyl (C=O) groups excluding carboxylic acids is 1. The van der Waals surface area contributed by atoms with Crippen LogP contribution in [0.2, 0.25) is 0 Å². The van der Waals surface area contributed by atoms with Gasteiger partial charge >= 0.3 is 0 Å². The summed E-state index contributed by atoms with van der Waals surface area (Å²) in [5, 5.41) is 0. The summed E-state index contributed by atoms with van der Waals surface area (Å²) in [6.45, 7) is 9.13. The minimum absolute atomic E-state index is 0.102. The number of ether oxygens (including phenoxy) is 1. The van der Waals surface area contributed by atoms with Gasteiger partial charge in [0.15, 0.2) is 5.78 Å². The summed E-state index contributed by atoms with van der Waals surface area (Å²) in [4.78, 5) is 12.2. The topological polar surface area (TPSA) is 26.3 Å². The van der Waals surface area contributed by atoms with Crippen LogP contribution in [-0.4, -0.2) is 19.0 Å². The molecule has 0 amide bonds. The number of ketones is 1. The monoisotopic (exact) mass is 262 g/mol. The summed E-state index contributed by atoms with van der Waals surface area (Å²) < 4.78 is 5.49. The lowest BCUT2D eigenvalue weighted by Gasteiger charge is -2.10. The molecule has 0 aliphatic rings. The van der Waals surface area contributed by atoms with Crippen LogP contribution in [-0.2, 0) is 4.74 Å². The Kier molecular flexibility index (Phi) is 6.79. The van der Waals surface area contributed by atoms with Crippen LogP contribution in [0, 0.1) is 20.8 Å². The van der Waals surface area contributed by atoms with Crippen molar-refractivity contribution in [1.29, 1.82) is 0 Å². The lowest BCUT2D eigenvalue weighted by Crippen LogP contribution is -2.13. The van der Waals surface area contributed by atoms with Crippen molar-refractivity contribution in [1.82, 2.24) is 0 Å². The number of rotatable bonds is 8. The van der Waals surface area contributed by atoms with E-state index in [4.69, 9.17) is 4.74 Å². The molecule has 0 aliphatic heterocycles. The van der Waals surface area contributed by atoms with Crippen molar-refractivity contribution < 1.29 is 9.53 Å². The van der Waals surface area contributed by atoms with Gasteiger partial charge in [0.1, 0.15) is 6.61 Å². The van der Waals surface area contributed by atoms with Gasteiger partial charge in [0.05, 0.1) is 0 Å². The van der Waals surface area contributed by atoms with E-state index in [1.807, 2.05) is 13.8 Å². The zero-order valence-electron chi connectivity index (χ0n) is 12.7. The van der Waals surface area contributed by atoms with E-state index < -0.39 is 0 Å². The highest BCUT2D eigenvalue weighted by Crippen LogP contribution is 2.17. The zero-order valence-corrected chi connectivity index (χ0v) is 12.7. The standard InChI is InChI=1S/C17H26O2/c1-5-6-7-8-9-19-12-16(18)17-14(3)10-13(2)11-15(17)4/h10-11H,5-9,12H2,1-4H3. The van der Waals surface area contributed by atoms with Gasteiger partial charge in [-0.25, -0.2) is 0 Å². The molecular weight excluding hydrogens is 236 g/mol. The van der Waals surface area contributed by atoms with E-state index in [-0.39, 0.29) is 12.4 Å². The Bertz CT molecular complexity index is 398. The Labute approximate surface area is 117 Å². The van der Waals surface area contributed by atoms with Crippen LogP contribution < -0.4 is 0 Å². The minimum atomic E-state index is 0.102. The molecule has 0 N–H and O–H groups in total. The summed E-state index contributed by atoms with van der Waals surface area (Å²) in [5.74, 6) is 0.102. The molecule has 0 bridgehead atoms. The Balaban J connectivity index is 2.46. The first-order valence-electron chi connectivity index (χ1n) is 7.25. The van der Waals surface area contributed by atoms with Gasteiger partial charge in [-0.3, -0.25) is 4.79 Å². The summed E-state index contributed by atoms with van der Waals surface area (Å²) >= 11 is 0. The summed E-state index contributed by atoms with van der Waals surface area (Å²) in [6, 6.07) is 4.11. The lowest BCUT2D eigenvalue weighted by atomic mass is 9.97. The van der Waals surface area contributed by atoms with E-state index in [9.17, 15) is 4.79 Å². The molecule has 0 saturated carbocycles. The van der Waals surface area contributed by atoms with E-state index in [1.54, 1.807) is 0 Å². The molecule has 2 nitrogen and oxygen atoms in total. The summed E-state index contributed by atoms with van der Waals surface area (Å²) in [6.07, 6.45) is 4.70. The molecular formula is C17H26O2. The second-order valence-electron chi connectivity index (χ2n) is 5.31. The SMILES string of the molecule is CCCCCCOCC(=O)c1c(C)cc(C)cc1C.